The molecule has 0 atom stereocenters. The lowest BCUT2D eigenvalue weighted by molar-refractivity contribution is 0.200. The summed E-state index contributed by atoms with van der Waals surface area (Å²) in [4.78, 5) is 9.65. The summed E-state index contributed by atoms with van der Waals surface area (Å²) in [6.45, 7) is 6.28. The summed E-state index contributed by atoms with van der Waals surface area (Å²) >= 11 is 0. The van der Waals surface area contributed by atoms with Crippen molar-refractivity contribution < 1.29 is 4.74 Å². The molecule has 2 aliphatic heterocycles. The molecule has 5 heteroatoms. The van der Waals surface area contributed by atoms with Gasteiger partial charge >= 0.3 is 0 Å². The van der Waals surface area contributed by atoms with Crippen molar-refractivity contribution in [1.29, 1.82) is 0 Å². The molecule has 0 aromatic carbocycles. The number of ether oxygens (including phenoxy) is 1. The van der Waals surface area contributed by atoms with E-state index in [1.165, 1.54) is 37.7 Å². The number of nitrogens with two attached hydrogens (primary N) is 1. The molecule has 1 aromatic rings. The van der Waals surface area contributed by atoms with Crippen LogP contribution in [0.3, 0.4) is 0 Å². The van der Waals surface area contributed by atoms with Gasteiger partial charge in [-0.15, -0.1) is 0 Å². The third kappa shape index (κ3) is 3.38. The zero-order valence-electron chi connectivity index (χ0n) is 14.7. The second-order valence-corrected chi connectivity index (χ2v) is 7.71. The van der Waals surface area contributed by atoms with Crippen molar-refractivity contribution in [2.75, 3.05) is 44.2 Å². The first kappa shape index (κ1) is 16.2. The van der Waals surface area contributed by atoms with E-state index in [4.69, 9.17) is 10.5 Å². The second kappa shape index (κ2) is 6.89. The Morgan fingerprint density at radius 1 is 1.12 bits per heavy atom. The van der Waals surface area contributed by atoms with Gasteiger partial charge in [-0.2, -0.15) is 0 Å². The van der Waals surface area contributed by atoms with Crippen LogP contribution in [0.25, 0.3) is 0 Å². The van der Waals surface area contributed by atoms with E-state index >= 15 is 0 Å². The minimum absolute atomic E-state index is 0.106. The van der Waals surface area contributed by atoms with Gasteiger partial charge in [-0.25, -0.2) is 4.98 Å². The highest BCUT2D eigenvalue weighted by atomic mass is 16.5. The molecule has 132 valence electrons. The van der Waals surface area contributed by atoms with Crippen LogP contribution in [0, 0.1) is 0 Å². The summed E-state index contributed by atoms with van der Waals surface area (Å²) in [5.41, 5.74) is 8.00. The monoisotopic (exact) mass is 330 g/mol. The number of fused-ring (bicyclic) bond motifs is 1. The van der Waals surface area contributed by atoms with E-state index in [1.54, 1.807) is 0 Å². The molecule has 1 aromatic heterocycles. The van der Waals surface area contributed by atoms with Gasteiger partial charge in [0.05, 0.1) is 6.61 Å². The summed E-state index contributed by atoms with van der Waals surface area (Å²) in [6.07, 6.45) is 10.5. The maximum Gasteiger partial charge on any atom is 0.135 e. The summed E-state index contributed by atoms with van der Waals surface area (Å²) in [7, 11) is 0. The molecule has 2 N–H and O–H groups in total. The van der Waals surface area contributed by atoms with Gasteiger partial charge in [0.2, 0.25) is 0 Å². The molecular weight excluding hydrogens is 300 g/mol. The number of anilines is 1. The van der Waals surface area contributed by atoms with E-state index in [1.807, 2.05) is 12.3 Å². The molecule has 24 heavy (non-hydrogen) atoms. The molecule has 1 saturated heterocycles. The van der Waals surface area contributed by atoms with Crippen molar-refractivity contribution in [3.63, 3.8) is 0 Å². The number of nitrogens with zero attached hydrogens (tertiary/aromatic N) is 3. The fourth-order valence-corrected chi connectivity index (χ4v) is 4.44. The lowest BCUT2D eigenvalue weighted by Gasteiger charge is -2.39. The maximum absolute atomic E-state index is 6.60. The van der Waals surface area contributed by atoms with E-state index in [9.17, 15) is 0 Å². The number of aromatic nitrogens is 1. The van der Waals surface area contributed by atoms with Crippen LogP contribution in [0.15, 0.2) is 12.3 Å². The van der Waals surface area contributed by atoms with Crippen LogP contribution in [0.5, 0.6) is 5.75 Å². The van der Waals surface area contributed by atoms with Crippen LogP contribution in [0.1, 0.15) is 44.1 Å². The molecule has 0 bridgehead atoms. The molecule has 2 fully saturated rings. The highest BCUT2D eigenvalue weighted by molar-refractivity contribution is 5.55. The third-order valence-corrected chi connectivity index (χ3v) is 6.05. The molecule has 0 radical (unpaired) electrons. The summed E-state index contributed by atoms with van der Waals surface area (Å²) in [6, 6.07) is 1.99. The molecule has 0 amide bonds. The third-order valence-electron chi connectivity index (χ3n) is 6.05. The van der Waals surface area contributed by atoms with Gasteiger partial charge in [0.25, 0.3) is 0 Å². The molecule has 5 nitrogen and oxygen atoms in total. The number of rotatable bonds is 4. The average Bonchev–Trinajstić information content (AvgIpc) is 3.10. The summed E-state index contributed by atoms with van der Waals surface area (Å²) < 4.78 is 5.68. The minimum atomic E-state index is 0.106. The summed E-state index contributed by atoms with van der Waals surface area (Å²) in [5.74, 6) is 2.18. The van der Waals surface area contributed by atoms with Crippen LogP contribution >= 0.6 is 0 Å². The van der Waals surface area contributed by atoms with Gasteiger partial charge in [-0.3, -0.25) is 4.90 Å². The van der Waals surface area contributed by atoms with Crippen LogP contribution in [-0.4, -0.2) is 54.8 Å². The molecule has 4 rings (SSSR count). The van der Waals surface area contributed by atoms with Gasteiger partial charge in [0, 0.05) is 56.4 Å². The van der Waals surface area contributed by atoms with Crippen molar-refractivity contribution in [3.05, 3.63) is 17.8 Å². The Balaban J connectivity index is 1.30. The van der Waals surface area contributed by atoms with Crippen molar-refractivity contribution in [3.8, 4) is 5.75 Å². The molecule has 0 unspecified atom stereocenters. The lowest BCUT2D eigenvalue weighted by Crippen LogP contribution is -2.50. The Bertz CT molecular complexity index is 562. The number of piperazine rings is 1. The number of hydrogen-bond acceptors (Lipinski definition) is 5. The van der Waals surface area contributed by atoms with Gasteiger partial charge in [0.15, 0.2) is 0 Å². The first-order chi connectivity index (χ1) is 11.7. The van der Waals surface area contributed by atoms with Gasteiger partial charge in [-0.1, -0.05) is 19.3 Å². The number of hydrogen-bond donors (Lipinski definition) is 1. The SMILES string of the molecule is NC1(CCN2CCN(c3nccc4c3CCO4)CC2)CCCCC1. The fraction of sp³-hybridized carbons (Fsp3) is 0.737. The van der Waals surface area contributed by atoms with E-state index < -0.39 is 0 Å². The normalized spacial score (nSPS) is 23.8. The Labute approximate surface area is 145 Å². The van der Waals surface area contributed by atoms with Crippen LogP contribution in [0.2, 0.25) is 0 Å². The van der Waals surface area contributed by atoms with E-state index in [-0.39, 0.29) is 5.54 Å². The predicted octanol–water partition coefficient (Wildman–Crippen LogP) is 2.19. The Kier molecular flexibility index (Phi) is 4.63. The minimum Gasteiger partial charge on any atom is -0.493 e. The maximum atomic E-state index is 6.60. The van der Waals surface area contributed by atoms with Gasteiger partial charge in [0.1, 0.15) is 11.6 Å². The molecule has 3 heterocycles. The zero-order valence-corrected chi connectivity index (χ0v) is 14.7. The highest BCUT2D eigenvalue weighted by Crippen LogP contribution is 2.33. The summed E-state index contributed by atoms with van der Waals surface area (Å²) in [5, 5.41) is 0. The molecule has 1 saturated carbocycles. The predicted molar refractivity (Wildman–Crippen MR) is 96.7 cm³/mol. The van der Waals surface area contributed by atoms with Gasteiger partial charge in [-0.05, 0) is 25.3 Å². The molecule has 3 aliphatic rings. The zero-order chi connectivity index (χ0) is 16.4. The first-order valence-corrected chi connectivity index (χ1v) is 9.60. The van der Waals surface area contributed by atoms with E-state index in [0.29, 0.717) is 0 Å². The fourth-order valence-electron chi connectivity index (χ4n) is 4.44. The number of pyridine rings is 1. The Morgan fingerprint density at radius 2 is 1.92 bits per heavy atom. The smallest absolute Gasteiger partial charge is 0.135 e. The Hall–Kier alpha value is -1.33. The van der Waals surface area contributed by atoms with Crippen molar-refractivity contribution in [2.45, 2.75) is 50.5 Å². The van der Waals surface area contributed by atoms with Crippen LogP contribution in [0.4, 0.5) is 5.82 Å². The van der Waals surface area contributed by atoms with Crippen LogP contribution in [-0.2, 0) is 6.42 Å². The van der Waals surface area contributed by atoms with E-state index in [0.717, 1.165) is 63.7 Å². The van der Waals surface area contributed by atoms with Crippen molar-refractivity contribution in [1.82, 2.24) is 9.88 Å². The first-order valence-electron chi connectivity index (χ1n) is 9.60. The molecule has 1 aliphatic carbocycles. The average molecular weight is 330 g/mol. The van der Waals surface area contributed by atoms with Gasteiger partial charge < -0.3 is 15.4 Å². The van der Waals surface area contributed by atoms with E-state index in [2.05, 4.69) is 14.8 Å². The molecule has 0 spiro atoms. The molecular formula is C19H30N4O. The highest BCUT2D eigenvalue weighted by Gasteiger charge is 2.29. The van der Waals surface area contributed by atoms with Crippen molar-refractivity contribution in [2.24, 2.45) is 5.73 Å². The van der Waals surface area contributed by atoms with Crippen molar-refractivity contribution >= 4 is 5.82 Å². The lowest BCUT2D eigenvalue weighted by atomic mass is 9.80. The Morgan fingerprint density at radius 3 is 2.71 bits per heavy atom. The standard InChI is InChI=1S/C19H30N4O/c20-19(6-2-1-3-7-19)8-10-22-11-13-23(14-12-22)18-16-5-15-24-17(16)4-9-21-18/h4,9H,1-3,5-8,10-15,20H2. The van der Waals surface area contributed by atoms with Crippen LogP contribution < -0.4 is 15.4 Å². The quantitative estimate of drug-likeness (QED) is 0.917. The largest absolute Gasteiger partial charge is 0.493 e. The topological polar surface area (TPSA) is 54.6 Å². The second-order valence-electron chi connectivity index (χ2n) is 7.71.